The monoisotopic (exact) mass is 168 g/mol. The number of hydrogen-bond acceptors (Lipinski definition) is 2. The average molecular weight is 168 g/mol. The van der Waals surface area contributed by atoms with E-state index in [1.54, 1.807) is 0 Å². The summed E-state index contributed by atoms with van der Waals surface area (Å²) in [5.41, 5.74) is 0.492. The molecule has 2 fully saturated rings. The van der Waals surface area contributed by atoms with Crippen LogP contribution in [0.2, 0.25) is 0 Å². The molecule has 2 aliphatic rings. The minimum absolute atomic E-state index is 0.465. The van der Waals surface area contributed by atoms with E-state index in [2.05, 4.69) is 0 Å². The van der Waals surface area contributed by atoms with E-state index in [0.29, 0.717) is 11.2 Å². The lowest BCUT2D eigenvalue weighted by Gasteiger charge is -2.39. The highest BCUT2D eigenvalue weighted by Crippen LogP contribution is 2.42. The Morgan fingerprint density at radius 2 is 1.58 bits per heavy atom. The van der Waals surface area contributed by atoms with Crippen molar-refractivity contribution in [2.45, 2.75) is 38.5 Å². The van der Waals surface area contributed by atoms with Gasteiger partial charge in [-0.25, -0.2) is 0 Å². The van der Waals surface area contributed by atoms with Gasteiger partial charge in [0.05, 0.1) is 0 Å². The summed E-state index contributed by atoms with van der Waals surface area (Å²) in [6, 6.07) is 0. The van der Waals surface area contributed by atoms with Gasteiger partial charge in [-0.3, -0.25) is 4.79 Å². The van der Waals surface area contributed by atoms with E-state index in [1.807, 2.05) is 0 Å². The van der Waals surface area contributed by atoms with Crippen molar-refractivity contribution in [2.24, 2.45) is 5.41 Å². The van der Waals surface area contributed by atoms with Crippen LogP contribution in [0.1, 0.15) is 38.5 Å². The number of hydrogen-bond donors (Lipinski definition) is 0. The van der Waals surface area contributed by atoms with Crippen LogP contribution in [0.25, 0.3) is 0 Å². The zero-order valence-corrected chi connectivity index (χ0v) is 7.47. The minimum atomic E-state index is 0.465. The highest BCUT2D eigenvalue weighted by molar-refractivity contribution is 5.79. The molecule has 2 heteroatoms. The standard InChI is InChI=1S/C10H16O2/c11-9-1-3-10(4-2-9)5-7-12-8-6-10/h1-8H2. The summed E-state index contributed by atoms with van der Waals surface area (Å²) in [6.45, 7) is 1.82. The van der Waals surface area contributed by atoms with Crippen molar-refractivity contribution in [1.29, 1.82) is 0 Å². The first-order valence-corrected chi connectivity index (χ1v) is 4.90. The molecule has 0 aromatic carbocycles. The second kappa shape index (κ2) is 3.17. The second-order valence-corrected chi connectivity index (χ2v) is 4.15. The predicted octanol–water partition coefficient (Wildman–Crippen LogP) is 1.93. The van der Waals surface area contributed by atoms with E-state index >= 15 is 0 Å². The van der Waals surface area contributed by atoms with E-state index in [4.69, 9.17) is 4.74 Å². The Labute approximate surface area is 73.3 Å². The Balaban J connectivity index is 1.96. The van der Waals surface area contributed by atoms with Crippen LogP contribution in [0.15, 0.2) is 0 Å². The number of ether oxygens (including phenoxy) is 1. The highest BCUT2D eigenvalue weighted by atomic mass is 16.5. The first-order chi connectivity index (χ1) is 5.81. The van der Waals surface area contributed by atoms with Crippen LogP contribution in [-0.4, -0.2) is 19.0 Å². The zero-order chi connectivity index (χ0) is 8.44. The maximum Gasteiger partial charge on any atom is 0.132 e. The van der Waals surface area contributed by atoms with E-state index < -0.39 is 0 Å². The molecule has 1 spiro atoms. The zero-order valence-electron chi connectivity index (χ0n) is 7.47. The van der Waals surface area contributed by atoms with Gasteiger partial charge in [0.1, 0.15) is 5.78 Å². The maximum absolute atomic E-state index is 11.1. The highest BCUT2D eigenvalue weighted by Gasteiger charge is 2.35. The van der Waals surface area contributed by atoms with Gasteiger partial charge >= 0.3 is 0 Å². The van der Waals surface area contributed by atoms with Gasteiger partial charge < -0.3 is 4.74 Å². The molecule has 12 heavy (non-hydrogen) atoms. The van der Waals surface area contributed by atoms with Gasteiger partial charge in [-0.2, -0.15) is 0 Å². The van der Waals surface area contributed by atoms with Gasteiger partial charge in [-0.05, 0) is 31.1 Å². The molecule has 1 aliphatic heterocycles. The third-order valence-electron chi connectivity index (χ3n) is 3.42. The fourth-order valence-electron chi connectivity index (χ4n) is 2.36. The van der Waals surface area contributed by atoms with Crippen molar-refractivity contribution in [3.05, 3.63) is 0 Å². The molecule has 0 aromatic heterocycles. The molecule has 0 aromatic rings. The van der Waals surface area contributed by atoms with Crippen molar-refractivity contribution in [3.63, 3.8) is 0 Å². The third-order valence-corrected chi connectivity index (χ3v) is 3.42. The lowest BCUT2D eigenvalue weighted by Crippen LogP contribution is -2.33. The van der Waals surface area contributed by atoms with E-state index in [9.17, 15) is 4.79 Å². The number of rotatable bonds is 0. The van der Waals surface area contributed by atoms with Crippen LogP contribution in [0.5, 0.6) is 0 Å². The summed E-state index contributed by atoms with van der Waals surface area (Å²) in [4.78, 5) is 11.1. The molecule has 2 rings (SSSR count). The topological polar surface area (TPSA) is 26.3 Å². The van der Waals surface area contributed by atoms with E-state index in [-0.39, 0.29) is 0 Å². The Morgan fingerprint density at radius 3 is 2.17 bits per heavy atom. The Hall–Kier alpha value is -0.370. The lowest BCUT2D eigenvalue weighted by molar-refractivity contribution is -0.124. The Morgan fingerprint density at radius 1 is 1.00 bits per heavy atom. The molecule has 1 saturated heterocycles. The summed E-state index contributed by atoms with van der Waals surface area (Å²) in [6.07, 6.45) is 6.24. The number of carbonyl (C=O) groups is 1. The molecule has 1 heterocycles. The van der Waals surface area contributed by atoms with E-state index in [1.165, 1.54) is 12.8 Å². The van der Waals surface area contributed by atoms with Crippen LogP contribution >= 0.6 is 0 Å². The van der Waals surface area contributed by atoms with Crippen LogP contribution in [0.4, 0.5) is 0 Å². The number of carbonyl (C=O) groups excluding carboxylic acids is 1. The first-order valence-electron chi connectivity index (χ1n) is 4.90. The minimum Gasteiger partial charge on any atom is -0.381 e. The Bertz CT molecular complexity index is 168. The molecule has 68 valence electrons. The summed E-state index contributed by atoms with van der Waals surface area (Å²) in [5, 5.41) is 0. The molecule has 1 aliphatic carbocycles. The molecular formula is C10H16O2. The normalized spacial score (nSPS) is 29.2. The van der Waals surface area contributed by atoms with Crippen molar-refractivity contribution in [1.82, 2.24) is 0 Å². The predicted molar refractivity (Wildman–Crippen MR) is 46.0 cm³/mol. The van der Waals surface area contributed by atoms with Crippen LogP contribution in [-0.2, 0) is 9.53 Å². The van der Waals surface area contributed by atoms with Gasteiger partial charge in [0.25, 0.3) is 0 Å². The largest absolute Gasteiger partial charge is 0.381 e. The number of Topliss-reactive ketones (excluding diaryl/α,β-unsaturated/α-hetero) is 1. The van der Waals surface area contributed by atoms with Gasteiger partial charge in [-0.1, -0.05) is 0 Å². The first kappa shape index (κ1) is 8.24. The van der Waals surface area contributed by atoms with Crippen molar-refractivity contribution >= 4 is 5.78 Å². The average Bonchev–Trinajstić information content (AvgIpc) is 2.13. The molecule has 0 unspecified atom stereocenters. The lowest BCUT2D eigenvalue weighted by atomic mass is 9.69. The fourth-order valence-corrected chi connectivity index (χ4v) is 2.36. The quantitative estimate of drug-likeness (QED) is 0.552. The molecule has 0 atom stereocenters. The second-order valence-electron chi connectivity index (χ2n) is 4.15. The molecule has 0 N–H and O–H groups in total. The van der Waals surface area contributed by atoms with Gasteiger partial charge in [0, 0.05) is 26.1 Å². The third kappa shape index (κ3) is 1.53. The maximum atomic E-state index is 11.1. The smallest absolute Gasteiger partial charge is 0.132 e. The molecule has 0 bridgehead atoms. The molecule has 0 radical (unpaired) electrons. The van der Waals surface area contributed by atoms with Crippen molar-refractivity contribution in [2.75, 3.05) is 13.2 Å². The number of ketones is 1. The van der Waals surface area contributed by atoms with Gasteiger partial charge in [0.15, 0.2) is 0 Å². The SMILES string of the molecule is O=C1CCC2(CCOCC2)CC1. The summed E-state index contributed by atoms with van der Waals surface area (Å²) < 4.78 is 5.34. The molecule has 0 amide bonds. The Kier molecular flexibility index (Phi) is 2.18. The van der Waals surface area contributed by atoms with Crippen molar-refractivity contribution in [3.8, 4) is 0 Å². The van der Waals surface area contributed by atoms with Crippen LogP contribution in [0, 0.1) is 5.41 Å². The molecule has 2 nitrogen and oxygen atoms in total. The van der Waals surface area contributed by atoms with E-state index in [0.717, 1.165) is 38.9 Å². The van der Waals surface area contributed by atoms with Crippen molar-refractivity contribution < 1.29 is 9.53 Å². The van der Waals surface area contributed by atoms with Crippen LogP contribution in [0.3, 0.4) is 0 Å². The summed E-state index contributed by atoms with van der Waals surface area (Å²) in [5.74, 6) is 0.465. The summed E-state index contributed by atoms with van der Waals surface area (Å²) in [7, 11) is 0. The molecule has 1 saturated carbocycles. The summed E-state index contributed by atoms with van der Waals surface area (Å²) >= 11 is 0. The van der Waals surface area contributed by atoms with Gasteiger partial charge in [0.2, 0.25) is 0 Å². The van der Waals surface area contributed by atoms with Crippen LogP contribution < -0.4 is 0 Å². The molecular weight excluding hydrogens is 152 g/mol. The fraction of sp³-hybridized carbons (Fsp3) is 0.900. The van der Waals surface area contributed by atoms with Gasteiger partial charge in [-0.15, -0.1) is 0 Å².